The molecular weight excluding hydrogens is 416 g/mol. The maximum atomic E-state index is 12.3. The zero-order chi connectivity index (χ0) is 22.0. The number of anilines is 1. The molecule has 170 valence electrons. The number of hydrogen-bond donors (Lipinski definition) is 3. The number of fused-ring (bicyclic) bond motifs is 1. The summed E-state index contributed by atoms with van der Waals surface area (Å²) in [5.41, 5.74) is 1.21. The van der Waals surface area contributed by atoms with Crippen LogP contribution in [0, 0.1) is 11.8 Å². The Bertz CT molecular complexity index is 813. The summed E-state index contributed by atoms with van der Waals surface area (Å²) < 4.78 is 0. The number of aromatic nitrogens is 1. The van der Waals surface area contributed by atoms with Gasteiger partial charge in [0.25, 0.3) is 5.91 Å². The highest BCUT2D eigenvalue weighted by molar-refractivity contribution is 6.32. The van der Waals surface area contributed by atoms with Gasteiger partial charge in [-0.2, -0.15) is 0 Å². The summed E-state index contributed by atoms with van der Waals surface area (Å²) in [5, 5.41) is 9.94. The van der Waals surface area contributed by atoms with Crippen molar-refractivity contribution in [2.75, 3.05) is 51.2 Å². The predicted molar refractivity (Wildman–Crippen MR) is 122 cm³/mol. The van der Waals surface area contributed by atoms with E-state index in [4.69, 9.17) is 11.6 Å². The number of pyridine rings is 1. The van der Waals surface area contributed by atoms with Crippen LogP contribution < -0.4 is 20.9 Å². The Kier molecular flexibility index (Phi) is 6.99. The molecule has 0 aliphatic carbocycles. The summed E-state index contributed by atoms with van der Waals surface area (Å²) in [6.45, 7) is 7.72. The van der Waals surface area contributed by atoms with E-state index >= 15 is 0 Å². The molecule has 31 heavy (non-hydrogen) atoms. The minimum Gasteiger partial charge on any atom is -0.366 e. The second kappa shape index (κ2) is 9.71. The number of carbonyl (C=O) groups excluding carboxylic acids is 2. The lowest BCUT2D eigenvalue weighted by Gasteiger charge is -2.44. The molecule has 4 atom stereocenters. The molecule has 0 spiro atoms. The van der Waals surface area contributed by atoms with Crippen LogP contribution in [-0.2, 0) is 4.79 Å². The van der Waals surface area contributed by atoms with Gasteiger partial charge in [0.1, 0.15) is 5.69 Å². The lowest BCUT2D eigenvalue weighted by atomic mass is 9.78. The Morgan fingerprint density at radius 2 is 2.03 bits per heavy atom. The van der Waals surface area contributed by atoms with Crippen LogP contribution in [0.4, 0.5) is 5.69 Å². The van der Waals surface area contributed by atoms with E-state index in [0.717, 1.165) is 64.2 Å². The van der Waals surface area contributed by atoms with E-state index in [0.29, 0.717) is 28.8 Å². The van der Waals surface area contributed by atoms with Crippen molar-refractivity contribution in [2.24, 2.45) is 11.8 Å². The van der Waals surface area contributed by atoms with Gasteiger partial charge in [-0.15, -0.1) is 0 Å². The van der Waals surface area contributed by atoms with Gasteiger partial charge in [0, 0.05) is 64.3 Å². The second-order valence-corrected chi connectivity index (χ2v) is 9.29. The first kappa shape index (κ1) is 22.3. The molecule has 4 heterocycles. The second-order valence-electron chi connectivity index (χ2n) is 8.93. The van der Waals surface area contributed by atoms with Crippen LogP contribution in [0.2, 0.25) is 5.15 Å². The summed E-state index contributed by atoms with van der Waals surface area (Å²) in [6, 6.07) is 4.32. The summed E-state index contributed by atoms with van der Waals surface area (Å²) in [5.74, 6) is 0.744. The molecule has 3 N–H and O–H groups in total. The molecule has 2 amide bonds. The number of rotatable bonds is 5. The zero-order valence-electron chi connectivity index (χ0n) is 18.4. The van der Waals surface area contributed by atoms with Crippen LogP contribution in [-0.4, -0.2) is 80.1 Å². The number of nitrogens with zero attached hydrogens (tertiary/aromatic N) is 3. The average molecular weight is 449 g/mol. The fourth-order valence-corrected chi connectivity index (χ4v) is 5.41. The van der Waals surface area contributed by atoms with Crippen molar-refractivity contribution in [1.29, 1.82) is 0 Å². The number of piperazine rings is 1. The average Bonchev–Trinajstić information content (AvgIpc) is 2.78. The number of amides is 2. The van der Waals surface area contributed by atoms with Gasteiger partial charge in [0.05, 0.1) is 5.69 Å². The van der Waals surface area contributed by atoms with Crippen LogP contribution in [0.25, 0.3) is 0 Å². The van der Waals surface area contributed by atoms with Gasteiger partial charge in [-0.3, -0.25) is 14.5 Å². The lowest BCUT2D eigenvalue weighted by Crippen LogP contribution is -2.61. The van der Waals surface area contributed by atoms with E-state index in [1.807, 2.05) is 6.07 Å². The standard InChI is InChI=1S/C22H33ClN6O2/c1-3-14-10-15-12-25-16(11-18(15)27-21(14)30)13-28-6-8-29(9-7-28)19-5-4-17(22(31)24-2)26-20(19)23/h4-5,14-16,18,25H,3,6-13H2,1-2H3,(H,24,31)(H,27,30). The Hall–Kier alpha value is -1.90. The molecule has 0 aromatic carbocycles. The van der Waals surface area contributed by atoms with Crippen molar-refractivity contribution in [3.63, 3.8) is 0 Å². The third kappa shape index (κ3) is 4.96. The Labute approximate surface area is 189 Å². The highest BCUT2D eigenvalue weighted by Crippen LogP contribution is 2.29. The van der Waals surface area contributed by atoms with Gasteiger partial charge in [-0.05, 0) is 37.3 Å². The minimum absolute atomic E-state index is 0.180. The molecular formula is C22H33ClN6O2. The Balaban J connectivity index is 1.27. The van der Waals surface area contributed by atoms with E-state index < -0.39 is 0 Å². The summed E-state index contributed by atoms with van der Waals surface area (Å²) in [7, 11) is 1.58. The molecule has 4 rings (SSSR count). The molecule has 3 aliphatic heterocycles. The molecule has 1 aromatic heterocycles. The monoisotopic (exact) mass is 448 g/mol. The molecule has 0 bridgehead atoms. The van der Waals surface area contributed by atoms with Crippen molar-refractivity contribution in [3.05, 3.63) is 23.0 Å². The van der Waals surface area contributed by atoms with Crippen LogP contribution in [0.3, 0.4) is 0 Å². The minimum atomic E-state index is -0.236. The number of hydrogen-bond acceptors (Lipinski definition) is 6. The molecule has 0 radical (unpaired) electrons. The van der Waals surface area contributed by atoms with Crippen LogP contribution >= 0.6 is 11.6 Å². The first-order valence-electron chi connectivity index (χ1n) is 11.4. The normalized spacial score (nSPS) is 29.3. The first-order chi connectivity index (χ1) is 15.0. The number of halogens is 1. The quantitative estimate of drug-likeness (QED) is 0.585. The molecule has 3 saturated heterocycles. The van der Waals surface area contributed by atoms with Crippen molar-refractivity contribution in [3.8, 4) is 0 Å². The van der Waals surface area contributed by atoms with Crippen molar-refractivity contribution in [2.45, 2.75) is 38.3 Å². The SMILES string of the molecule is CCC1CC2CNC(CN3CCN(c4ccc(C(=O)NC)nc4Cl)CC3)CC2NC1=O. The van der Waals surface area contributed by atoms with Gasteiger partial charge in [0.15, 0.2) is 5.15 Å². The van der Waals surface area contributed by atoms with E-state index in [-0.39, 0.29) is 17.7 Å². The Morgan fingerprint density at radius 3 is 2.71 bits per heavy atom. The number of carbonyl (C=O) groups is 2. The molecule has 3 fully saturated rings. The largest absolute Gasteiger partial charge is 0.366 e. The highest BCUT2D eigenvalue weighted by atomic mass is 35.5. The first-order valence-corrected chi connectivity index (χ1v) is 11.8. The third-order valence-electron chi connectivity index (χ3n) is 7.04. The van der Waals surface area contributed by atoms with Crippen molar-refractivity contribution >= 4 is 29.1 Å². The summed E-state index contributed by atoms with van der Waals surface area (Å²) in [6.07, 6.45) is 2.94. The van der Waals surface area contributed by atoms with E-state index in [1.54, 1.807) is 13.1 Å². The molecule has 1 aromatic rings. The van der Waals surface area contributed by atoms with E-state index in [2.05, 4.69) is 37.7 Å². The predicted octanol–water partition coefficient (Wildman–Crippen LogP) is 1.11. The van der Waals surface area contributed by atoms with Gasteiger partial charge >= 0.3 is 0 Å². The number of piperidine rings is 2. The van der Waals surface area contributed by atoms with Gasteiger partial charge < -0.3 is 20.9 Å². The van der Waals surface area contributed by atoms with Crippen molar-refractivity contribution in [1.82, 2.24) is 25.8 Å². The highest BCUT2D eigenvalue weighted by Gasteiger charge is 2.39. The van der Waals surface area contributed by atoms with E-state index in [9.17, 15) is 9.59 Å². The van der Waals surface area contributed by atoms with Crippen LogP contribution in [0.5, 0.6) is 0 Å². The smallest absolute Gasteiger partial charge is 0.269 e. The maximum Gasteiger partial charge on any atom is 0.269 e. The zero-order valence-corrected chi connectivity index (χ0v) is 19.1. The van der Waals surface area contributed by atoms with Crippen LogP contribution in [0.1, 0.15) is 36.7 Å². The van der Waals surface area contributed by atoms with Gasteiger partial charge in [-0.25, -0.2) is 4.98 Å². The summed E-state index contributed by atoms with van der Waals surface area (Å²) in [4.78, 5) is 33.0. The number of nitrogens with one attached hydrogen (secondary N) is 3. The molecule has 9 heteroatoms. The third-order valence-corrected chi connectivity index (χ3v) is 7.31. The fraction of sp³-hybridized carbons (Fsp3) is 0.682. The Morgan fingerprint density at radius 1 is 1.26 bits per heavy atom. The topological polar surface area (TPSA) is 89.6 Å². The van der Waals surface area contributed by atoms with Gasteiger partial charge in [-0.1, -0.05) is 18.5 Å². The molecule has 4 unspecified atom stereocenters. The maximum absolute atomic E-state index is 12.3. The van der Waals surface area contributed by atoms with Crippen molar-refractivity contribution < 1.29 is 9.59 Å². The van der Waals surface area contributed by atoms with E-state index in [1.165, 1.54) is 0 Å². The molecule has 0 saturated carbocycles. The van der Waals surface area contributed by atoms with Gasteiger partial charge in [0.2, 0.25) is 5.91 Å². The molecule has 8 nitrogen and oxygen atoms in total. The molecule has 3 aliphatic rings. The lowest BCUT2D eigenvalue weighted by molar-refractivity contribution is -0.130. The summed E-state index contributed by atoms with van der Waals surface area (Å²) >= 11 is 6.36. The fourth-order valence-electron chi connectivity index (χ4n) is 5.13. The van der Waals surface area contributed by atoms with Crippen LogP contribution in [0.15, 0.2) is 12.1 Å².